The van der Waals surface area contributed by atoms with E-state index in [4.69, 9.17) is 9.47 Å². The third-order valence-electron chi connectivity index (χ3n) is 2.48. The minimum absolute atomic E-state index is 0.0367. The number of hydrogen-bond acceptors (Lipinski definition) is 3. The van der Waals surface area contributed by atoms with Crippen molar-refractivity contribution in [3.63, 3.8) is 0 Å². The van der Waals surface area contributed by atoms with E-state index >= 15 is 0 Å². The van der Waals surface area contributed by atoms with Crippen molar-refractivity contribution in [2.75, 3.05) is 20.9 Å². The van der Waals surface area contributed by atoms with Gasteiger partial charge < -0.3 is 14.4 Å². The summed E-state index contributed by atoms with van der Waals surface area (Å²) in [4.78, 5) is 12.8. The van der Waals surface area contributed by atoms with Crippen molar-refractivity contribution >= 4 is 12.0 Å². The lowest BCUT2D eigenvalue weighted by atomic mass is 10.2. The van der Waals surface area contributed by atoms with Crippen LogP contribution in [-0.4, -0.2) is 31.7 Å². The Labute approximate surface area is 106 Å². The van der Waals surface area contributed by atoms with E-state index in [-0.39, 0.29) is 12.7 Å². The van der Waals surface area contributed by atoms with Crippen LogP contribution in [0.5, 0.6) is 11.5 Å². The molecular formula is C14H15NO3. The molecule has 1 aliphatic heterocycles. The van der Waals surface area contributed by atoms with Crippen LogP contribution in [0, 0.1) is 0 Å². The highest BCUT2D eigenvalue weighted by atomic mass is 16.7. The van der Waals surface area contributed by atoms with E-state index in [9.17, 15) is 4.79 Å². The van der Waals surface area contributed by atoms with Crippen LogP contribution in [0.15, 0.2) is 36.4 Å². The van der Waals surface area contributed by atoms with Crippen LogP contribution in [0.25, 0.3) is 6.08 Å². The highest BCUT2D eigenvalue weighted by Crippen LogP contribution is 2.32. The third-order valence-corrected chi connectivity index (χ3v) is 2.48. The number of carbonyl (C=O) groups is 1. The van der Waals surface area contributed by atoms with E-state index in [0.717, 1.165) is 17.1 Å². The average molecular weight is 245 g/mol. The Hall–Kier alpha value is -2.23. The van der Waals surface area contributed by atoms with Crippen molar-refractivity contribution in [1.82, 2.24) is 4.90 Å². The molecule has 0 fully saturated rings. The van der Waals surface area contributed by atoms with Gasteiger partial charge in [0.05, 0.1) is 0 Å². The molecule has 0 aliphatic carbocycles. The fourth-order valence-corrected chi connectivity index (χ4v) is 1.47. The zero-order valence-corrected chi connectivity index (χ0v) is 10.4. The highest BCUT2D eigenvalue weighted by molar-refractivity contribution is 5.87. The molecular weight excluding hydrogens is 230 g/mol. The molecule has 4 heteroatoms. The first-order chi connectivity index (χ1) is 8.66. The van der Waals surface area contributed by atoms with Crippen LogP contribution in [-0.2, 0) is 4.79 Å². The molecule has 0 radical (unpaired) electrons. The van der Waals surface area contributed by atoms with E-state index < -0.39 is 0 Å². The minimum atomic E-state index is -0.0367. The second-order valence-electron chi connectivity index (χ2n) is 4.06. The van der Waals surface area contributed by atoms with Crippen LogP contribution < -0.4 is 9.47 Å². The van der Waals surface area contributed by atoms with Gasteiger partial charge in [-0.05, 0) is 17.7 Å². The minimum Gasteiger partial charge on any atom is -0.454 e. The molecule has 1 amide bonds. The normalized spacial score (nSPS) is 13.4. The van der Waals surface area contributed by atoms with E-state index in [0.29, 0.717) is 0 Å². The zero-order chi connectivity index (χ0) is 13.0. The van der Waals surface area contributed by atoms with E-state index in [1.165, 1.54) is 11.0 Å². The quantitative estimate of drug-likeness (QED) is 0.604. The standard InChI is InChI=1S/C14H15NO3/c1-15(2)14(16)6-4-3-5-11-7-8-12-13(9-11)18-10-17-12/h3-9H,10H2,1-2H3/b5-3-,6-4+. The monoisotopic (exact) mass is 245 g/mol. The Morgan fingerprint density at radius 3 is 2.78 bits per heavy atom. The molecule has 2 rings (SSSR count). The van der Waals surface area contributed by atoms with Gasteiger partial charge in [0.15, 0.2) is 11.5 Å². The number of likely N-dealkylation sites (N-methyl/N-ethyl adjacent to an activating group) is 1. The maximum Gasteiger partial charge on any atom is 0.246 e. The first kappa shape index (κ1) is 12.2. The summed E-state index contributed by atoms with van der Waals surface area (Å²) in [5.74, 6) is 1.49. The summed E-state index contributed by atoms with van der Waals surface area (Å²) < 4.78 is 10.5. The van der Waals surface area contributed by atoms with Crippen LogP contribution >= 0.6 is 0 Å². The fourth-order valence-electron chi connectivity index (χ4n) is 1.47. The lowest BCUT2D eigenvalue weighted by Crippen LogP contribution is -2.18. The summed E-state index contributed by atoms with van der Waals surface area (Å²) in [6, 6.07) is 5.71. The van der Waals surface area contributed by atoms with Crippen molar-refractivity contribution in [2.45, 2.75) is 0 Å². The number of carbonyl (C=O) groups excluding carboxylic acids is 1. The Balaban J connectivity index is 1.99. The predicted octanol–water partition coefficient (Wildman–Crippen LogP) is 2.07. The first-order valence-electron chi connectivity index (χ1n) is 5.62. The van der Waals surface area contributed by atoms with Gasteiger partial charge in [-0.25, -0.2) is 0 Å². The number of fused-ring (bicyclic) bond motifs is 1. The summed E-state index contributed by atoms with van der Waals surface area (Å²) in [5, 5.41) is 0. The fraction of sp³-hybridized carbons (Fsp3) is 0.214. The second-order valence-corrected chi connectivity index (χ2v) is 4.06. The van der Waals surface area contributed by atoms with Gasteiger partial charge in [0, 0.05) is 20.2 Å². The molecule has 0 bridgehead atoms. The molecule has 0 saturated heterocycles. The Morgan fingerprint density at radius 2 is 2.00 bits per heavy atom. The van der Waals surface area contributed by atoms with Crippen LogP contribution in [0.2, 0.25) is 0 Å². The van der Waals surface area contributed by atoms with Gasteiger partial charge >= 0.3 is 0 Å². The molecule has 0 N–H and O–H groups in total. The Morgan fingerprint density at radius 1 is 1.22 bits per heavy atom. The van der Waals surface area contributed by atoms with Gasteiger partial charge in [-0.15, -0.1) is 0 Å². The molecule has 0 saturated carbocycles. The number of ether oxygens (including phenoxy) is 2. The van der Waals surface area contributed by atoms with Crippen molar-refractivity contribution in [2.24, 2.45) is 0 Å². The summed E-state index contributed by atoms with van der Waals surface area (Å²) in [6.45, 7) is 0.278. The van der Waals surface area contributed by atoms with Crippen LogP contribution in [0.1, 0.15) is 5.56 Å². The molecule has 0 unspecified atom stereocenters. The molecule has 0 atom stereocenters. The average Bonchev–Trinajstić information content (AvgIpc) is 2.81. The van der Waals surface area contributed by atoms with Crippen molar-refractivity contribution in [3.05, 3.63) is 42.0 Å². The second kappa shape index (κ2) is 5.40. The van der Waals surface area contributed by atoms with Gasteiger partial charge in [0.1, 0.15) is 0 Å². The van der Waals surface area contributed by atoms with Crippen molar-refractivity contribution in [3.8, 4) is 11.5 Å². The molecule has 4 nitrogen and oxygen atoms in total. The smallest absolute Gasteiger partial charge is 0.246 e. The molecule has 1 heterocycles. The lowest BCUT2D eigenvalue weighted by molar-refractivity contribution is -0.123. The molecule has 1 aliphatic rings. The van der Waals surface area contributed by atoms with Gasteiger partial charge in [0.25, 0.3) is 0 Å². The number of nitrogens with zero attached hydrogens (tertiary/aromatic N) is 1. The molecule has 0 aromatic heterocycles. The topological polar surface area (TPSA) is 38.8 Å². The number of rotatable bonds is 3. The number of benzene rings is 1. The predicted molar refractivity (Wildman–Crippen MR) is 69.4 cm³/mol. The summed E-state index contributed by atoms with van der Waals surface area (Å²) in [7, 11) is 3.43. The van der Waals surface area contributed by atoms with Gasteiger partial charge in [-0.2, -0.15) is 0 Å². The van der Waals surface area contributed by atoms with Gasteiger partial charge in [-0.3, -0.25) is 4.79 Å². The van der Waals surface area contributed by atoms with E-state index in [1.54, 1.807) is 20.2 Å². The van der Waals surface area contributed by atoms with Gasteiger partial charge in [0.2, 0.25) is 12.7 Å². The Bertz CT molecular complexity index is 504. The largest absolute Gasteiger partial charge is 0.454 e. The number of amides is 1. The van der Waals surface area contributed by atoms with Crippen molar-refractivity contribution in [1.29, 1.82) is 0 Å². The maximum atomic E-state index is 11.3. The first-order valence-corrected chi connectivity index (χ1v) is 5.62. The van der Waals surface area contributed by atoms with Crippen LogP contribution in [0.4, 0.5) is 0 Å². The zero-order valence-electron chi connectivity index (χ0n) is 10.4. The summed E-state index contributed by atoms with van der Waals surface area (Å²) in [5.41, 5.74) is 1.00. The highest BCUT2D eigenvalue weighted by Gasteiger charge is 2.11. The molecule has 18 heavy (non-hydrogen) atoms. The molecule has 0 spiro atoms. The molecule has 1 aromatic carbocycles. The SMILES string of the molecule is CN(C)C(=O)/C=C/C=C\c1ccc2c(c1)OCO2. The van der Waals surface area contributed by atoms with Gasteiger partial charge in [-0.1, -0.05) is 24.3 Å². The van der Waals surface area contributed by atoms with Crippen LogP contribution in [0.3, 0.4) is 0 Å². The number of allylic oxidation sites excluding steroid dienone is 2. The summed E-state index contributed by atoms with van der Waals surface area (Å²) >= 11 is 0. The Kier molecular flexibility index (Phi) is 3.67. The summed E-state index contributed by atoms with van der Waals surface area (Å²) in [6.07, 6.45) is 6.96. The lowest BCUT2D eigenvalue weighted by Gasteiger charge is -2.04. The molecule has 1 aromatic rings. The third kappa shape index (κ3) is 2.91. The van der Waals surface area contributed by atoms with E-state index in [2.05, 4.69) is 0 Å². The maximum absolute atomic E-state index is 11.3. The number of hydrogen-bond donors (Lipinski definition) is 0. The van der Waals surface area contributed by atoms with Crippen molar-refractivity contribution < 1.29 is 14.3 Å². The molecule has 94 valence electrons. The van der Waals surface area contributed by atoms with E-state index in [1.807, 2.05) is 30.4 Å².